The lowest BCUT2D eigenvalue weighted by Crippen LogP contribution is -2.43. The molecule has 1 fully saturated rings. The van der Waals surface area contributed by atoms with Gasteiger partial charge >= 0.3 is 0 Å². The third kappa shape index (κ3) is 6.01. The number of benzene rings is 1. The van der Waals surface area contributed by atoms with Crippen LogP contribution in [0.2, 0.25) is 0 Å². The predicted octanol–water partition coefficient (Wildman–Crippen LogP) is 3.24. The Morgan fingerprint density at radius 3 is 2.57 bits per heavy atom. The fourth-order valence-corrected chi connectivity index (χ4v) is 3.39. The second-order valence-electron chi connectivity index (χ2n) is 7.41. The van der Waals surface area contributed by atoms with Crippen molar-refractivity contribution in [1.29, 1.82) is 0 Å². The molecule has 0 bridgehead atoms. The number of carbonyl (C=O) groups excluding carboxylic acids is 3. The number of rotatable bonds is 5. The molecule has 1 aliphatic rings. The van der Waals surface area contributed by atoms with Gasteiger partial charge in [0.2, 0.25) is 17.7 Å². The highest BCUT2D eigenvalue weighted by atomic mass is 16.2. The first-order valence-electron chi connectivity index (χ1n) is 10.00. The van der Waals surface area contributed by atoms with Gasteiger partial charge in [-0.05, 0) is 55.7 Å². The van der Waals surface area contributed by atoms with Crippen LogP contribution < -0.4 is 10.6 Å². The molecule has 7 nitrogen and oxygen atoms in total. The summed E-state index contributed by atoms with van der Waals surface area (Å²) in [7, 11) is 0. The molecular weight excluding hydrogens is 380 g/mol. The topological polar surface area (TPSA) is 91.4 Å². The highest BCUT2D eigenvalue weighted by Crippen LogP contribution is 2.19. The Bertz CT molecular complexity index is 953. The van der Waals surface area contributed by atoms with Crippen LogP contribution in [-0.4, -0.2) is 40.7 Å². The number of likely N-dealkylation sites (tertiary alicyclic amines) is 1. The summed E-state index contributed by atoms with van der Waals surface area (Å²) in [6.45, 7) is 4.35. The molecule has 7 heteroatoms. The first-order chi connectivity index (χ1) is 14.4. The fraction of sp³-hybridized carbons (Fsp3) is 0.304. The molecule has 0 spiro atoms. The summed E-state index contributed by atoms with van der Waals surface area (Å²) in [5.74, 6) is -0.0768. The zero-order valence-corrected chi connectivity index (χ0v) is 17.2. The van der Waals surface area contributed by atoms with E-state index in [1.807, 2.05) is 31.2 Å². The molecule has 0 aliphatic carbocycles. The summed E-state index contributed by atoms with van der Waals surface area (Å²) in [5.41, 5.74) is 2.40. The fourth-order valence-electron chi connectivity index (χ4n) is 3.39. The van der Waals surface area contributed by atoms with Gasteiger partial charge in [0, 0.05) is 37.5 Å². The molecule has 1 aromatic carbocycles. The first-order valence-corrected chi connectivity index (χ1v) is 10.00. The third-order valence-corrected chi connectivity index (χ3v) is 4.89. The van der Waals surface area contributed by atoms with Crippen LogP contribution in [0.5, 0.6) is 0 Å². The molecule has 2 N–H and O–H groups in total. The Kier molecular flexibility index (Phi) is 6.95. The molecule has 0 saturated carbocycles. The number of hydrogen-bond acceptors (Lipinski definition) is 4. The standard InChI is InChI=1S/C23H26N4O3/c1-16-5-3-7-21(24-16)26-23(30)19-6-4-14-27(15-19)22(29)13-10-18-8-11-20(12-9-18)25-17(2)28/h3,5,7-13,19H,4,6,14-15H2,1-2H3,(H,25,28)(H,24,26,30)/b13-10+. The van der Waals surface area contributed by atoms with E-state index < -0.39 is 0 Å². The summed E-state index contributed by atoms with van der Waals surface area (Å²) in [6.07, 6.45) is 4.79. The highest BCUT2D eigenvalue weighted by molar-refractivity contribution is 5.94. The minimum Gasteiger partial charge on any atom is -0.338 e. The van der Waals surface area contributed by atoms with E-state index in [0.29, 0.717) is 24.6 Å². The third-order valence-electron chi connectivity index (χ3n) is 4.89. The molecule has 1 saturated heterocycles. The molecule has 3 rings (SSSR count). The highest BCUT2D eigenvalue weighted by Gasteiger charge is 2.27. The van der Waals surface area contributed by atoms with Crippen LogP contribution in [-0.2, 0) is 14.4 Å². The molecule has 2 heterocycles. The second-order valence-corrected chi connectivity index (χ2v) is 7.41. The smallest absolute Gasteiger partial charge is 0.246 e. The summed E-state index contributed by atoms with van der Waals surface area (Å²) in [4.78, 5) is 42.3. The summed E-state index contributed by atoms with van der Waals surface area (Å²) >= 11 is 0. The van der Waals surface area contributed by atoms with Crippen molar-refractivity contribution >= 4 is 35.3 Å². The molecule has 30 heavy (non-hydrogen) atoms. The number of nitrogens with one attached hydrogen (secondary N) is 2. The number of anilines is 2. The van der Waals surface area contributed by atoms with Crippen molar-refractivity contribution in [3.05, 3.63) is 59.8 Å². The lowest BCUT2D eigenvalue weighted by molar-refractivity contribution is -0.130. The van der Waals surface area contributed by atoms with Crippen LogP contribution in [0, 0.1) is 12.8 Å². The number of nitrogens with zero attached hydrogens (tertiary/aromatic N) is 2. The molecular formula is C23H26N4O3. The molecule has 1 aliphatic heterocycles. The lowest BCUT2D eigenvalue weighted by Gasteiger charge is -2.31. The normalized spacial score (nSPS) is 16.3. The van der Waals surface area contributed by atoms with Crippen LogP contribution in [0.4, 0.5) is 11.5 Å². The average molecular weight is 406 g/mol. The number of carbonyl (C=O) groups is 3. The summed E-state index contributed by atoms with van der Waals surface area (Å²) in [6, 6.07) is 12.7. The van der Waals surface area contributed by atoms with Crippen LogP contribution in [0.15, 0.2) is 48.5 Å². The molecule has 0 radical (unpaired) electrons. The summed E-state index contributed by atoms with van der Waals surface area (Å²) < 4.78 is 0. The van der Waals surface area contributed by atoms with E-state index in [-0.39, 0.29) is 23.6 Å². The number of piperidine rings is 1. The quantitative estimate of drug-likeness (QED) is 0.746. The van der Waals surface area contributed by atoms with Crippen LogP contribution in [0.25, 0.3) is 6.08 Å². The van der Waals surface area contributed by atoms with Gasteiger partial charge in [-0.25, -0.2) is 4.98 Å². The molecule has 2 aromatic rings. The van der Waals surface area contributed by atoms with Gasteiger partial charge in [0.05, 0.1) is 5.92 Å². The summed E-state index contributed by atoms with van der Waals surface area (Å²) in [5, 5.41) is 5.56. The van der Waals surface area contributed by atoms with Gasteiger partial charge in [-0.1, -0.05) is 18.2 Å². The minimum atomic E-state index is -0.254. The zero-order valence-electron chi connectivity index (χ0n) is 17.2. The van der Waals surface area contributed by atoms with Gasteiger partial charge in [0.25, 0.3) is 0 Å². The lowest BCUT2D eigenvalue weighted by atomic mass is 9.97. The Labute approximate surface area is 176 Å². The van der Waals surface area contributed by atoms with E-state index in [9.17, 15) is 14.4 Å². The Hall–Kier alpha value is -3.48. The average Bonchev–Trinajstić information content (AvgIpc) is 2.73. The van der Waals surface area contributed by atoms with Crippen molar-refractivity contribution in [2.45, 2.75) is 26.7 Å². The van der Waals surface area contributed by atoms with E-state index in [2.05, 4.69) is 15.6 Å². The maximum absolute atomic E-state index is 12.6. The number of aryl methyl sites for hydroxylation is 1. The van der Waals surface area contributed by atoms with E-state index in [0.717, 1.165) is 24.1 Å². The largest absolute Gasteiger partial charge is 0.338 e. The number of aromatic nitrogens is 1. The molecule has 1 atom stereocenters. The minimum absolute atomic E-state index is 0.108. The predicted molar refractivity (Wildman–Crippen MR) is 117 cm³/mol. The van der Waals surface area contributed by atoms with Gasteiger partial charge < -0.3 is 15.5 Å². The van der Waals surface area contributed by atoms with Crippen molar-refractivity contribution in [2.24, 2.45) is 5.92 Å². The van der Waals surface area contributed by atoms with E-state index in [4.69, 9.17) is 0 Å². The van der Waals surface area contributed by atoms with Crippen molar-refractivity contribution < 1.29 is 14.4 Å². The van der Waals surface area contributed by atoms with Crippen molar-refractivity contribution in [2.75, 3.05) is 23.7 Å². The maximum atomic E-state index is 12.6. The van der Waals surface area contributed by atoms with Crippen LogP contribution in [0.1, 0.15) is 31.0 Å². The number of hydrogen-bond donors (Lipinski definition) is 2. The van der Waals surface area contributed by atoms with Crippen LogP contribution in [0.3, 0.4) is 0 Å². The molecule has 1 unspecified atom stereocenters. The van der Waals surface area contributed by atoms with Crippen molar-refractivity contribution in [1.82, 2.24) is 9.88 Å². The van der Waals surface area contributed by atoms with Gasteiger partial charge in [-0.2, -0.15) is 0 Å². The Balaban J connectivity index is 1.56. The van der Waals surface area contributed by atoms with Gasteiger partial charge in [0.15, 0.2) is 0 Å². The Morgan fingerprint density at radius 2 is 1.87 bits per heavy atom. The Morgan fingerprint density at radius 1 is 1.10 bits per heavy atom. The van der Waals surface area contributed by atoms with Crippen molar-refractivity contribution in [3.8, 4) is 0 Å². The zero-order chi connectivity index (χ0) is 21.5. The first kappa shape index (κ1) is 21.2. The molecule has 1 aromatic heterocycles. The number of pyridine rings is 1. The van der Waals surface area contributed by atoms with Gasteiger partial charge in [-0.3, -0.25) is 14.4 Å². The second kappa shape index (κ2) is 9.82. The van der Waals surface area contributed by atoms with Gasteiger partial charge in [0.1, 0.15) is 5.82 Å². The monoisotopic (exact) mass is 406 g/mol. The van der Waals surface area contributed by atoms with E-state index >= 15 is 0 Å². The molecule has 156 valence electrons. The van der Waals surface area contributed by atoms with E-state index in [1.54, 1.807) is 29.2 Å². The van der Waals surface area contributed by atoms with Gasteiger partial charge in [-0.15, -0.1) is 0 Å². The SMILES string of the molecule is CC(=O)Nc1ccc(/C=C/C(=O)N2CCCC(C(=O)Nc3cccc(C)n3)C2)cc1. The molecule has 3 amide bonds. The number of amides is 3. The maximum Gasteiger partial charge on any atom is 0.246 e. The van der Waals surface area contributed by atoms with Crippen LogP contribution >= 0.6 is 0 Å². The van der Waals surface area contributed by atoms with Crippen molar-refractivity contribution in [3.63, 3.8) is 0 Å². The van der Waals surface area contributed by atoms with E-state index in [1.165, 1.54) is 13.0 Å².